The number of ketones is 4. The van der Waals surface area contributed by atoms with Crippen LogP contribution in [0.15, 0.2) is 32.3 Å². The minimum absolute atomic E-state index is 0.00999. The zero-order chi connectivity index (χ0) is 31.8. The lowest BCUT2D eigenvalue weighted by molar-refractivity contribution is -0.120. The first-order chi connectivity index (χ1) is 20.9. The van der Waals surface area contributed by atoms with Crippen LogP contribution in [0.1, 0.15) is 64.7 Å². The molecule has 3 aromatic rings. The summed E-state index contributed by atoms with van der Waals surface area (Å²) in [6.07, 6.45) is 1.82. The monoisotopic (exact) mass is 664 g/mol. The number of likely N-dealkylation sites (N-methyl/N-ethyl adjacent to an activating group) is 1. The molecule has 2 aromatic carbocycles. The summed E-state index contributed by atoms with van der Waals surface area (Å²) in [5, 5.41) is 40.2. The number of allylic oxidation sites excluding steroid dienone is 2. The van der Waals surface area contributed by atoms with Crippen LogP contribution in [0.25, 0.3) is 10.8 Å². The first-order valence-electron chi connectivity index (χ1n) is 13.0. The van der Waals surface area contributed by atoms with Gasteiger partial charge in [0, 0.05) is 21.5 Å². The second-order valence-electron chi connectivity index (χ2n) is 10.3. The summed E-state index contributed by atoms with van der Waals surface area (Å²) in [5.74, 6) is -7.39. The number of benzene rings is 2. The number of carbonyl (C=O) groups excluding carboxylic acids is 5. The lowest BCUT2D eigenvalue weighted by atomic mass is 9.76. The van der Waals surface area contributed by atoms with Gasteiger partial charge in [-0.25, -0.2) is 5.43 Å². The molecular formula is C29H21BrN4O10. The van der Waals surface area contributed by atoms with Crippen molar-refractivity contribution in [2.75, 3.05) is 20.7 Å². The van der Waals surface area contributed by atoms with E-state index < -0.39 is 85.3 Å². The lowest BCUT2D eigenvalue weighted by Crippen LogP contribution is -2.36. The molecule has 0 aliphatic heterocycles. The van der Waals surface area contributed by atoms with E-state index in [1.165, 1.54) is 12.3 Å². The van der Waals surface area contributed by atoms with Crippen molar-refractivity contribution in [3.8, 4) is 17.2 Å². The fourth-order valence-electron chi connectivity index (χ4n) is 6.25. The number of aromatic hydroxyl groups is 3. The number of Topliss-reactive ketones (excluding diaryl/α,β-unsaturated/α-hetero) is 3. The van der Waals surface area contributed by atoms with Crippen molar-refractivity contribution in [3.63, 3.8) is 0 Å². The zero-order valence-electron chi connectivity index (χ0n) is 22.9. The van der Waals surface area contributed by atoms with E-state index in [1.807, 2.05) is 0 Å². The minimum atomic E-state index is -2.18. The smallest absolute Gasteiger partial charge is 0.260 e. The molecule has 14 nitrogen and oxygen atoms in total. The van der Waals surface area contributed by atoms with Crippen LogP contribution in [0.5, 0.6) is 17.2 Å². The van der Waals surface area contributed by atoms with E-state index in [1.54, 1.807) is 7.05 Å². The fourth-order valence-corrected chi connectivity index (χ4v) is 6.96. The maximum atomic E-state index is 14.1. The third kappa shape index (κ3) is 3.65. The van der Waals surface area contributed by atoms with Crippen LogP contribution in [-0.4, -0.2) is 76.3 Å². The van der Waals surface area contributed by atoms with Crippen molar-refractivity contribution in [2.45, 2.75) is 18.3 Å². The molecule has 0 fully saturated rings. The van der Waals surface area contributed by atoms with Gasteiger partial charge in [0.2, 0.25) is 5.78 Å². The molecule has 1 spiro atoms. The fraction of sp³-hybridized carbons (Fsp3) is 0.207. The molecule has 1 aromatic heterocycles. The SMILES string of the molecule is CNCC(=O)N/N=C/c1cc2c(Br)c3c(c(O)c2c(=O)[nH]1)[C@@]1(CC3)C(=O)c2c(O)c3c(c(O)c2C1=O)C(=O)C(OC)=CC3=O. The van der Waals surface area contributed by atoms with Crippen LogP contribution >= 0.6 is 15.9 Å². The van der Waals surface area contributed by atoms with Crippen LogP contribution in [0.4, 0.5) is 0 Å². The van der Waals surface area contributed by atoms with Crippen molar-refractivity contribution < 1.29 is 44.0 Å². The number of pyridine rings is 1. The summed E-state index contributed by atoms with van der Waals surface area (Å²) < 4.78 is 5.20. The molecule has 44 heavy (non-hydrogen) atoms. The number of aromatic nitrogens is 1. The Morgan fingerprint density at radius 1 is 1.07 bits per heavy atom. The highest BCUT2D eigenvalue weighted by molar-refractivity contribution is 9.10. The average molecular weight is 665 g/mol. The summed E-state index contributed by atoms with van der Waals surface area (Å²) >= 11 is 3.45. The second kappa shape index (κ2) is 9.96. The van der Waals surface area contributed by atoms with Gasteiger partial charge in [-0.3, -0.25) is 28.8 Å². The number of phenolic OH excluding ortho intramolecular Hbond substituents is 3. The maximum absolute atomic E-state index is 14.1. The molecule has 3 aliphatic rings. The number of ether oxygens (including phenoxy) is 1. The van der Waals surface area contributed by atoms with E-state index in [9.17, 15) is 44.1 Å². The van der Waals surface area contributed by atoms with E-state index in [0.717, 1.165) is 13.2 Å². The number of H-pyrrole nitrogens is 1. The molecule has 1 atom stereocenters. The number of nitrogens with one attached hydrogen (secondary N) is 3. The van der Waals surface area contributed by atoms with Gasteiger partial charge in [-0.15, -0.1) is 0 Å². The Morgan fingerprint density at radius 3 is 2.36 bits per heavy atom. The van der Waals surface area contributed by atoms with Gasteiger partial charge >= 0.3 is 0 Å². The third-order valence-electron chi connectivity index (χ3n) is 8.09. The normalized spacial score (nSPS) is 18.7. The van der Waals surface area contributed by atoms with Crippen LogP contribution in [0.3, 0.4) is 0 Å². The first kappa shape index (κ1) is 28.9. The van der Waals surface area contributed by atoms with E-state index in [4.69, 9.17) is 4.74 Å². The molecule has 0 saturated heterocycles. The number of hydrogen-bond acceptors (Lipinski definition) is 12. The lowest BCUT2D eigenvalue weighted by Gasteiger charge is -2.23. The quantitative estimate of drug-likeness (QED) is 0.0985. The number of carbonyl (C=O) groups is 5. The minimum Gasteiger partial charge on any atom is -0.507 e. The predicted octanol–water partition coefficient (Wildman–Crippen LogP) is 1.25. The number of fused-ring (bicyclic) bond motifs is 5. The summed E-state index contributed by atoms with van der Waals surface area (Å²) in [4.78, 5) is 81.5. The number of halogens is 1. The number of methoxy groups -OCH3 is 1. The molecule has 224 valence electrons. The summed E-state index contributed by atoms with van der Waals surface area (Å²) in [6, 6.07) is 1.47. The molecule has 1 amide bonds. The topological polar surface area (TPSA) is 225 Å². The Labute approximate surface area is 254 Å². The largest absolute Gasteiger partial charge is 0.507 e. The van der Waals surface area contributed by atoms with Gasteiger partial charge in [0.05, 0.1) is 53.2 Å². The van der Waals surface area contributed by atoms with Gasteiger partial charge in [-0.1, -0.05) is 0 Å². The summed E-state index contributed by atoms with van der Waals surface area (Å²) in [6.45, 7) is 0.00999. The Morgan fingerprint density at radius 2 is 1.73 bits per heavy atom. The van der Waals surface area contributed by atoms with E-state index in [2.05, 4.69) is 36.8 Å². The Balaban J connectivity index is 1.54. The highest BCUT2D eigenvalue weighted by Crippen LogP contribution is 2.58. The Kier molecular flexibility index (Phi) is 6.55. The van der Waals surface area contributed by atoms with E-state index >= 15 is 0 Å². The number of phenols is 3. The van der Waals surface area contributed by atoms with Crippen molar-refractivity contribution in [1.82, 2.24) is 15.7 Å². The molecular weight excluding hydrogens is 644 g/mol. The molecule has 15 heteroatoms. The number of hydrazone groups is 1. The van der Waals surface area contributed by atoms with Crippen LogP contribution < -0.4 is 16.3 Å². The summed E-state index contributed by atoms with van der Waals surface area (Å²) in [7, 11) is 2.70. The van der Waals surface area contributed by atoms with Crippen molar-refractivity contribution in [2.24, 2.45) is 5.10 Å². The zero-order valence-corrected chi connectivity index (χ0v) is 24.5. The standard InChI is InChI=1S/C29H21BrN4O10/c1-31-8-14(36)34-32-7-9-5-11-15(28(43)33-9)25(40)20-10(21(11)30)3-4-29(20)26(41)18-19(27(29)42)24(39)17-16(23(18)38)12(35)6-13(44-2)22(17)37/h5-7,31,38-40H,3-4,8H2,1-2H3,(H,33,43)(H,34,36)/b32-7+/t29-/m0/s1. The average Bonchev–Trinajstić information content (AvgIpc) is 3.49. The van der Waals surface area contributed by atoms with Crippen LogP contribution in [0.2, 0.25) is 0 Å². The molecule has 0 radical (unpaired) electrons. The Bertz CT molecular complexity index is 2060. The van der Waals surface area contributed by atoms with E-state index in [0.29, 0.717) is 10.0 Å². The van der Waals surface area contributed by atoms with Crippen molar-refractivity contribution >= 4 is 62.0 Å². The highest BCUT2D eigenvalue weighted by Gasteiger charge is 2.62. The van der Waals surface area contributed by atoms with Gasteiger partial charge in [0.15, 0.2) is 23.1 Å². The number of hydrogen-bond donors (Lipinski definition) is 6. The van der Waals surface area contributed by atoms with Gasteiger partial charge in [0.25, 0.3) is 11.5 Å². The van der Waals surface area contributed by atoms with Crippen LogP contribution in [0, 0.1) is 0 Å². The van der Waals surface area contributed by atoms with Crippen molar-refractivity contribution in [3.05, 3.63) is 71.8 Å². The van der Waals surface area contributed by atoms with E-state index in [-0.39, 0.29) is 41.4 Å². The molecule has 0 bridgehead atoms. The van der Waals surface area contributed by atoms with Gasteiger partial charge in [-0.05, 0) is 47.4 Å². The maximum Gasteiger partial charge on any atom is 0.260 e. The third-order valence-corrected chi connectivity index (χ3v) is 9.00. The van der Waals surface area contributed by atoms with Gasteiger partial charge < -0.3 is 30.4 Å². The number of nitrogens with zero attached hydrogens (tertiary/aromatic N) is 1. The van der Waals surface area contributed by atoms with Crippen molar-refractivity contribution in [1.29, 1.82) is 0 Å². The second-order valence-corrected chi connectivity index (χ2v) is 11.1. The number of rotatable bonds is 5. The molecule has 0 unspecified atom stereocenters. The molecule has 6 rings (SSSR count). The first-order valence-corrected chi connectivity index (χ1v) is 13.8. The molecule has 0 saturated carbocycles. The molecule has 1 heterocycles. The number of amides is 1. The Hall–Kier alpha value is -5.15. The molecule has 3 aliphatic carbocycles. The summed E-state index contributed by atoms with van der Waals surface area (Å²) in [5.41, 5.74) is -3.08. The predicted molar refractivity (Wildman–Crippen MR) is 156 cm³/mol. The highest BCUT2D eigenvalue weighted by atomic mass is 79.9. The molecule has 6 N–H and O–H groups in total. The number of aromatic amines is 1. The van der Waals surface area contributed by atoms with Gasteiger partial charge in [-0.2, -0.15) is 5.10 Å². The van der Waals surface area contributed by atoms with Crippen LogP contribution in [-0.2, 0) is 21.4 Å². The van der Waals surface area contributed by atoms with Gasteiger partial charge in [0.1, 0.15) is 22.7 Å².